The number of amides is 1. The number of imidazole rings is 1. The molecule has 10 nitrogen and oxygen atoms in total. The van der Waals surface area contributed by atoms with Gasteiger partial charge in [-0.2, -0.15) is 5.10 Å². The number of benzene rings is 2. The van der Waals surface area contributed by atoms with E-state index >= 15 is 0 Å². The molecule has 4 heterocycles. The van der Waals surface area contributed by atoms with Crippen LogP contribution in [0, 0.1) is 6.92 Å². The van der Waals surface area contributed by atoms with E-state index in [0.717, 1.165) is 35.3 Å². The minimum Gasteiger partial charge on any atom is -0.456 e. The Hall–Kier alpha value is -4.18. The van der Waals surface area contributed by atoms with Gasteiger partial charge in [-0.1, -0.05) is 11.6 Å². The highest BCUT2D eigenvalue weighted by molar-refractivity contribution is 6.36. The van der Waals surface area contributed by atoms with E-state index in [1.165, 1.54) is 0 Å². The number of nitrogens with one attached hydrogen (secondary N) is 1. The van der Waals surface area contributed by atoms with Crippen LogP contribution in [0.3, 0.4) is 0 Å². The molecule has 5 aromatic rings. The standard InChI is InChI=1S/C29H30ClN7O3/c1-17-33-21-6-5-20(13-23(21)34-17)39-25-8-7-22-27(26(25)30)35-24(15-31-22)18-14-32-37(16-18)19-9-11-36(12-10-19)28(38)40-29(2,3)4/h5-8,13-16,19H,9-12H2,1-4H3,(H,33,34). The molecule has 2 aromatic carbocycles. The number of piperidine rings is 1. The number of fused-ring (bicyclic) bond motifs is 2. The number of nitrogens with zero attached hydrogens (tertiary/aromatic N) is 6. The fourth-order valence-corrected chi connectivity index (χ4v) is 5.10. The maximum Gasteiger partial charge on any atom is 0.410 e. The minimum atomic E-state index is -0.505. The van der Waals surface area contributed by atoms with Crippen molar-refractivity contribution in [3.05, 3.63) is 59.8 Å². The number of likely N-dealkylation sites (tertiary alicyclic amines) is 1. The van der Waals surface area contributed by atoms with E-state index in [2.05, 4.69) is 20.1 Å². The molecule has 0 radical (unpaired) electrons. The van der Waals surface area contributed by atoms with Crippen LogP contribution in [0.1, 0.15) is 45.5 Å². The number of H-pyrrole nitrogens is 1. The van der Waals surface area contributed by atoms with Gasteiger partial charge in [0.2, 0.25) is 0 Å². The van der Waals surface area contributed by atoms with E-state index in [0.29, 0.717) is 46.3 Å². The zero-order valence-electron chi connectivity index (χ0n) is 22.8. The monoisotopic (exact) mass is 559 g/mol. The van der Waals surface area contributed by atoms with Crippen LogP contribution in [-0.2, 0) is 4.74 Å². The SMILES string of the molecule is Cc1nc2ccc(Oc3ccc4ncc(-c5cnn(C6CCN(C(=O)OC(C)(C)C)CC6)c5)nc4c3Cl)cc2[nH]1. The van der Waals surface area contributed by atoms with Gasteiger partial charge in [-0.05, 0) is 64.8 Å². The molecule has 0 unspecified atom stereocenters. The summed E-state index contributed by atoms with van der Waals surface area (Å²) in [6.45, 7) is 8.79. The van der Waals surface area contributed by atoms with Crippen LogP contribution in [0.4, 0.5) is 4.79 Å². The van der Waals surface area contributed by atoms with Crippen LogP contribution in [0.2, 0.25) is 5.02 Å². The Bertz CT molecular complexity index is 1710. The third-order valence-electron chi connectivity index (χ3n) is 6.80. The Morgan fingerprint density at radius 2 is 1.85 bits per heavy atom. The van der Waals surface area contributed by atoms with Gasteiger partial charge < -0.3 is 19.4 Å². The average Bonchev–Trinajstić information content (AvgIpc) is 3.55. The summed E-state index contributed by atoms with van der Waals surface area (Å²) in [6.07, 6.45) is 6.79. The summed E-state index contributed by atoms with van der Waals surface area (Å²) in [6, 6.07) is 9.47. The molecule has 1 aliphatic rings. The molecular weight excluding hydrogens is 530 g/mol. The lowest BCUT2D eigenvalue weighted by molar-refractivity contribution is 0.0185. The molecule has 11 heteroatoms. The first-order valence-electron chi connectivity index (χ1n) is 13.2. The Morgan fingerprint density at radius 1 is 1.07 bits per heavy atom. The number of aromatic nitrogens is 6. The van der Waals surface area contributed by atoms with Crippen LogP contribution >= 0.6 is 11.6 Å². The molecule has 1 fully saturated rings. The first-order chi connectivity index (χ1) is 19.1. The van der Waals surface area contributed by atoms with Gasteiger partial charge in [0.05, 0.1) is 40.7 Å². The van der Waals surface area contributed by atoms with Crippen molar-refractivity contribution in [1.82, 2.24) is 34.6 Å². The quantitative estimate of drug-likeness (QED) is 0.261. The van der Waals surface area contributed by atoms with Gasteiger partial charge in [-0.25, -0.2) is 14.8 Å². The number of carbonyl (C=O) groups excluding carboxylic acids is 1. The van der Waals surface area contributed by atoms with Gasteiger partial charge in [0.15, 0.2) is 0 Å². The maximum absolute atomic E-state index is 12.4. The number of hydrogen-bond donors (Lipinski definition) is 1. The molecule has 0 saturated carbocycles. The second kappa shape index (κ2) is 10.1. The highest BCUT2D eigenvalue weighted by Crippen LogP contribution is 2.36. The summed E-state index contributed by atoms with van der Waals surface area (Å²) >= 11 is 6.77. The number of aryl methyl sites for hydroxylation is 1. The van der Waals surface area contributed by atoms with E-state index in [-0.39, 0.29) is 12.1 Å². The fraction of sp³-hybridized carbons (Fsp3) is 0.345. The summed E-state index contributed by atoms with van der Waals surface area (Å²) in [4.78, 5) is 31.2. The minimum absolute atomic E-state index is 0.181. The number of ether oxygens (including phenoxy) is 2. The molecule has 0 bridgehead atoms. The van der Waals surface area contributed by atoms with Crippen LogP contribution in [0.25, 0.3) is 33.3 Å². The predicted molar refractivity (Wildman–Crippen MR) is 153 cm³/mol. The van der Waals surface area contributed by atoms with E-state index in [1.807, 2.05) is 62.8 Å². The van der Waals surface area contributed by atoms with Gasteiger partial charge >= 0.3 is 6.09 Å². The van der Waals surface area contributed by atoms with Crippen LogP contribution < -0.4 is 4.74 Å². The van der Waals surface area contributed by atoms with Crippen molar-refractivity contribution in [3.8, 4) is 22.8 Å². The van der Waals surface area contributed by atoms with Crippen molar-refractivity contribution in [1.29, 1.82) is 0 Å². The molecule has 1 N–H and O–H groups in total. The second-order valence-corrected chi connectivity index (χ2v) is 11.4. The van der Waals surface area contributed by atoms with Crippen molar-refractivity contribution in [2.24, 2.45) is 0 Å². The summed E-state index contributed by atoms with van der Waals surface area (Å²) < 4.78 is 13.6. The van der Waals surface area contributed by atoms with Crippen molar-refractivity contribution in [2.45, 2.75) is 52.2 Å². The lowest BCUT2D eigenvalue weighted by atomic mass is 10.1. The number of rotatable bonds is 4. The largest absolute Gasteiger partial charge is 0.456 e. The zero-order valence-corrected chi connectivity index (χ0v) is 23.6. The van der Waals surface area contributed by atoms with Gasteiger partial charge in [0.25, 0.3) is 0 Å². The number of aromatic amines is 1. The Balaban J connectivity index is 1.19. The molecule has 1 saturated heterocycles. The zero-order chi connectivity index (χ0) is 28.0. The van der Waals surface area contributed by atoms with Crippen LogP contribution in [0.15, 0.2) is 48.9 Å². The molecule has 0 aliphatic carbocycles. The molecule has 1 amide bonds. The average molecular weight is 560 g/mol. The number of carbonyl (C=O) groups is 1. The summed E-state index contributed by atoms with van der Waals surface area (Å²) in [5.41, 5.74) is 3.98. The van der Waals surface area contributed by atoms with Crippen LogP contribution in [-0.4, -0.2) is 59.4 Å². The van der Waals surface area contributed by atoms with Crippen molar-refractivity contribution < 1.29 is 14.3 Å². The highest BCUT2D eigenvalue weighted by Gasteiger charge is 2.28. The molecule has 0 atom stereocenters. The van der Waals surface area contributed by atoms with Gasteiger partial charge in [0, 0.05) is 30.9 Å². The molecule has 40 heavy (non-hydrogen) atoms. The molecule has 1 aliphatic heterocycles. The fourth-order valence-electron chi connectivity index (χ4n) is 4.86. The third-order valence-corrected chi connectivity index (χ3v) is 7.17. The molecule has 6 rings (SSSR count). The van der Waals surface area contributed by atoms with Crippen molar-refractivity contribution in [3.63, 3.8) is 0 Å². The first kappa shape index (κ1) is 26.1. The second-order valence-electron chi connectivity index (χ2n) is 11.0. The van der Waals surface area contributed by atoms with Crippen LogP contribution in [0.5, 0.6) is 11.5 Å². The van der Waals surface area contributed by atoms with E-state index in [1.54, 1.807) is 23.4 Å². The smallest absolute Gasteiger partial charge is 0.410 e. The third kappa shape index (κ3) is 5.31. The Morgan fingerprint density at radius 3 is 2.62 bits per heavy atom. The molecule has 206 valence electrons. The first-order valence-corrected chi connectivity index (χ1v) is 13.6. The summed E-state index contributed by atoms with van der Waals surface area (Å²) in [5.74, 6) is 1.97. The Kier molecular flexibility index (Phi) is 6.58. The normalized spacial score (nSPS) is 14.7. The lowest BCUT2D eigenvalue weighted by Gasteiger charge is -2.33. The van der Waals surface area contributed by atoms with E-state index in [4.69, 9.17) is 26.1 Å². The number of hydrogen-bond acceptors (Lipinski definition) is 7. The van der Waals surface area contributed by atoms with Gasteiger partial charge in [0.1, 0.15) is 33.5 Å². The van der Waals surface area contributed by atoms with Gasteiger partial charge in [-0.15, -0.1) is 0 Å². The predicted octanol–water partition coefficient (Wildman–Crippen LogP) is 6.70. The Labute approximate surface area is 236 Å². The van der Waals surface area contributed by atoms with Crippen molar-refractivity contribution >= 4 is 39.8 Å². The van der Waals surface area contributed by atoms with Crippen molar-refractivity contribution in [2.75, 3.05) is 13.1 Å². The lowest BCUT2D eigenvalue weighted by Crippen LogP contribution is -2.42. The summed E-state index contributed by atoms with van der Waals surface area (Å²) in [5, 5.41) is 4.98. The van der Waals surface area contributed by atoms with E-state index in [9.17, 15) is 4.79 Å². The van der Waals surface area contributed by atoms with E-state index < -0.39 is 5.60 Å². The number of halogens is 1. The van der Waals surface area contributed by atoms with Gasteiger partial charge in [-0.3, -0.25) is 9.67 Å². The molecule has 3 aromatic heterocycles. The maximum atomic E-state index is 12.4. The molecular formula is C29H30ClN7O3. The molecule has 0 spiro atoms. The summed E-state index contributed by atoms with van der Waals surface area (Å²) in [7, 11) is 0. The topological polar surface area (TPSA) is 111 Å². The highest BCUT2D eigenvalue weighted by atomic mass is 35.5.